The molecule has 0 aromatic carbocycles. The van der Waals surface area contributed by atoms with Crippen LogP contribution in [0.5, 0.6) is 0 Å². The van der Waals surface area contributed by atoms with Crippen molar-refractivity contribution < 1.29 is 9.53 Å². The molecular formula is C8H14ClNO2. The number of carbonyl (C=O) groups is 1. The van der Waals surface area contributed by atoms with Crippen molar-refractivity contribution in [2.45, 2.75) is 37.1 Å². The lowest BCUT2D eigenvalue weighted by Gasteiger charge is -2.26. The number of hydrogen-bond acceptors (Lipinski definition) is 2. The molecule has 1 N–H and O–H groups in total. The number of methoxy groups -OCH3 is 1. The predicted octanol–water partition coefficient (Wildman–Crippen LogP) is 1.89. The van der Waals surface area contributed by atoms with Crippen molar-refractivity contribution in [1.29, 1.82) is 0 Å². The maximum absolute atomic E-state index is 10.8. The van der Waals surface area contributed by atoms with E-state index in [1.807, 2.05) is 0 Å². The maximum atomic E-state index is 10.8. The SMILES string of the molecule is COC(=O)N[C@@H]1CCCC[C@H]1Cl. The fourth-order valence-corrected chi connectivity index (χ4v) is 1.80. The Bertz CT molecular complexity index is 163. The van der Waals surface area contributed by atoms with Gasteiger partial charge in [-0.3, -0.25) is 0 Å². The molecule has 0 radical (unpaired) electrons. The van der Waals surface area contributed by atoms with Gasteiger partial charge in [0.25, 0.3) is 0 Å². The molecule has 0 spiro atoms. The number of amides is 1. The second kappa shape index (κ2) is 4.55. The van der Waals surface area contributed by atoms with Crippen LogP contribution in [0.15, 0.2) is 0 Å². The number of alkyl halides is 1. The molecule has 1 amide bonds. The summed E-state index contributed by atoms with van der Waals surface area (Å²) in [6.07, 6.45) is 3.86. The van der Waals surface area contributed by atoms with Gasteiger partial charge in [0.1, 0.15) is 0 Å². The highest BCUT2D eigenvalue weighted by atomic mass is 35.5. The Morgan fingerprint density at radius 3 is 2.75 bits per heavy atom. The zero-order valence-electron chi connectivity index (χ0n) is 7.18. The van der Waals surface area contributed by atoms with Gasteiger partial charge in [0.15, 0.2) is 0 Å². The fraction of sp³-hybridized carbons (Fsp3) is 0.875. The van der Waals surface area contributed by atoms with Gasteiger partial charge >= 0.3 is 6.09 Å². The summed E-state index contributed by atoms with van der Waals surface area (Å²) in [5.41, 5.74) is 0. The minimum absolute atomic E-state index is 0.0675. The van der Waals surface area contributed by atoms with Gasteiger partial charge in [-0.1, -0.05) is 12.8 Å². The molecule has 70 valence electrons. The lowest BCUT2D eigenvalue weighted by Crippen LogP contribution is -2.42. The molecule has 0 heterocycles. The van der Waals surface area contributed by atoms with E-state index >= 15 is 0 Å². The molecule has 0 bridgehead atoms. The largest absolute Gasteiger partial charge is 0.453 e. The van der Waals surface area contributed by atoms with Gasteiger partial charge in [0.05, 0.1) is 12.5 Å². The number of halogens is 1. The van der Waals surface area contributed by atoms with Gasteiger partial charge in [-0.15, -0.1) is 11.6 Å². The van der Waals surface area contributed by atoms with E-state index in [9.17, 15) is 4.79 Å². The van der Waals surface area contributed by atoms with Crippen molar-refractivity contribution in [3.05, 3.63) is 0 Å². The van der Waals surface area contributed by atoms with Crippen molar-refractivity contribution in [3.63, 3.8) is 0 Å². The van der Waals surface area contributed by atoms with Crippen LogP contribution in [0, 0.1) is 0 Å². The van der Waals surface area contributed by atoms with E-state index in [4.69, 9.17) is 11.6 Å². The van der Waals surface area contributed by atoms with E-state index in [1.54, 1.807) is 0 Å². The Morgan fingerprint density at radius 2 is 2.17 bits per heavy atom. The molecule has 1 rings (SSSR count). The zero-order valence-corrected chi connectivity index (χ0v) is 7.93. The molecule has 0 saturated heterocycles. The van der Waals surface area contributed by atoms with Crippen LogP contribution in [0.3, 0.4) is 0 Å². The number of alkyl carbamates (subject to hydrolysis) is 1. The van der Waals surface area contributed by atoms with Crippen molar-refractivity contribution >= 4 is 17.7 Å². The number of ether oxygens (including phenoxy) is 1. The second-order valence-electron chi connectivity index (χ2n) is 3.04. The van der Waals surface area contributed by atoms with Crippen LogP contribution in [-0.2, 0) is 4.74 Å². The minimum Gasteiger partial charge on any atom is -0.453 e. The van der Waals surface area contributed by atoms with Crippen LogP contribution < -0.4 is 5.32 Å². The van der Waals surface area contributed by atoms with E-state index in [-0.39, 0.29) is 17.5 Å². The van der Waals surface area contributed by atoms with Gasteiger partial charge in [-0.05, 0) is 12.8 Å². The average Bonchev–Trinajstić information content (AvgIpc) is 2.09. The molecule has 2 atom stereocenters. The number of nitrogens with one attached hydrogen (secondary N) is 1. The summed E-state index contributed by atoms with van der Waals surface area (Å²) in [4.78, 5) is 10.8. The van der Waals surface area contributed by atoms with Crippen molar-refractivity contribution in [3.8, 4) is 0 Å². The van der Waals surface area contributed by atoms with E-state index in [0.717, 1.165) is 25.7 Å². The Labute approximate surface area is 77.4 Å². The Kier molecular flexibility index (Phi) is 3.66. The third-order valence-corrected chi connectivity index (χ3v) is 2.69. The molecule has 3 nitrogen and oxygen atoms in total. The lowest BCUT2D eigenvalue weighted by molar-refractivity contribution is 0.163. The number of hydrogen-bond donors (Lipinski definition) is 1. The van der Waals surface area contributed by atoms with Gasteiger partial charge in [-0.25, -0.2) is 4.79 Å². The van der Waals surface area contributed by atoms with Crippen molar-refractivity contribution in [2.75, 3.05) is 7.11 Å². The minimum atomic E-state index is -0.382. The average molecular weight is 192 g/mol. The fourth-order valence-electron chi connectivity index (χ4n) is 1.46. The molecule has 12 heavy (non-hydrogen) atoms. The second-order valence-corrected chi connectivity index (χ2v) is 3.60. The molecule has 1 aliphatic carbocycles. The maximum Gasteiger partial charge on any atom is 0.407 e. The summed E-state index contributed by atoms with van der Waals surface area (Å²) in [7, 11) is 1.36. The first-order chi connectivity index (χ1) is 5.74. The first kappa shape index (κ1) is 9.65. The van der Waals surface area contributed by atoms with E-state index in [0.29, 0.717) is 0 Å². The van der Waals surface area contributed by atoms with Gasteiger partial charge in [-0.2, -0.15) is 0 Å². The summed E-state index contributed by atoms with van der Waals surface area (Å²) in [5.74, 6) is 0. The summed E-state index contributed by atoms with van der Waals surface area (Å²) < 4.78 is 4.49. The molecule has 4 heteroatoms. The molecular weight excluding hydrogens is 178 g/mol. The van der Waals surface area contributed by atoms with Crippen LogP contribution in [-0.4, -0.2) is 24.6 Å². The predicted molar refractivity (Wildman–Crippen MR) is 47.4 cm³/mol. The Balaban J connectivity index is 2.33. The summed E-state index contributed by atoms with van der Waals surface area (Å²) in [5, 5.41) is 2.79. The van der Waals surface area contributed by atoms with Crippen LogP contribution in [0.2, 0.25) is 0 Å². The highest BCUT2D eigenvalue weighted by Gasteiger charge is 2.24. The van der Waals surface area contributed by atoms with Crippen LogP contribution in [0.1, 0.15) is 25.7 Å². The third kappa shape index (κ3) is 2.55. The van der Waals surface area contributed by atoms with Crippen LogP contribution in [0.4, 0.5) is 4.79 Å². The molecule has 1 saturated carbocycles. The molecule has 0 unspecified atom stereocenters. The Hall–Kier alpha value is -0.440. The number of rotatable bonds is 1. The van der Waals surface area contributed by atoms with Crippen molar-refractivity contribution in [2.24, 2.45) is 0 Å². The quantitative estimate of drug-likeness (QED) is 0.643. The highest BCUT2D eigenvalue weighted by molar-refractivity contribution is 6.21. The van der Waals surface area contributed by atoms with Gasteiger partial charge in [0.2, 0.25) is 0 Å². The first-order valence-electron chi connectivity index (χ1n) is 4.22. The first-order valence-corrected chi connectivity index (χ1v) is 4.66. The highest BCUT2D eigenvalue weighted by Crippen LogP contribution is 2.22. The topological polar surface area (TPSA) is 38.3 Å². The van der Waals surface area contributed by atoms with E-state index < -0.39 is 0 Å². The van der Waals surface area contributed by atoms with E-state index in [1.165, 1.54) is 7.11 Å². The molecule has 1 aliphatic rings. The molecule has 0 aromatic heterocycles. The monoisotopic (exact) mass is 191 g/mol. The van der Waals surface area contributed by atoms with Gasteiger partial charge < -0.3 is 10.1 Å². The van der Waals surface area contributed by atoms with Crippen molar-refractivity contribution in [1.82, 2.24) is 5.32 Å². The molecule has 1 fully saturated rings. The summed E-state index contributed by atoms with van der Waals surface area (Å²) in [6, 6.07) is 0.0906. The van der Waals surface area contributed by atoms with Crippen LogP contribution >= 0.6 is 11.6 Å². The van der Waals surface area contributed by atoms with E-state index in [2.05, 4.69) is 10.1 Å². The molecule has 0 aliphatic heterocycles. The molecule has 0 aromatic rings. The smallest absolute Gasteiger partial charge is 0.407 e. The third-order valence-electron chi connectivity index (χ3n) is 2.17. The lowest BCUT2D eigenvalue weighted by atomic mass is 9.95. The summed E-state index contributed by atoms with van der Waals surface area (Å²) in [6.45, 7) is 0. The number of carbonyl (C=O) groups excluding carboxylic acids is 1. The zero-order chi connectivity index (χ0) is 8.97. The van der Waals surface area contributed by atoms with Crippen LogP contribution in [0.25, 0.3) is 0 Å². The standard InChI is InChI=1S/C8H14ClNO2/c1-12-8(11)10-7-5-3-2-4-6(7)9/h6-7H,2-5H2,1H3,(H,10,11)/t6-,7-/m1/s1. The normalized spacial score (nSPS) is 29.5. The summed E-state index contributed by atoms with van der Waals surface area (Å²) >= 11 is 6.01. The van der Waals surface area contributed by atoms with Gasteiger partial charge in [0, 0.05) is 6.04 Å². The Morgan fingerprint density at radius 1 is 1.50 bits per heavy atom.